The Morgan fingerprint density at radius 2 is 2.12 bits per heavy atom. The lowest BCUT2D eigenvalue weighted by Crippen LogP contribution is -2.43. The van der Waals surface area contributed by atoms with Gasteiger partial charge in [-0.2, -0.15) is 0 Å². The highest BCUT2D eigenvalue weighted by Crippen LogP contribution is 2.17. The minimum Gasteiger partial charge on any atom is -0.313 e. The van der Waals surface area contributed by atoms with Crippen LogP contribution in [-0.4, -0.2) is 61.7 Å². The Morgan fingerprint density at radius 1 is 1.25 bits per heavy atom. The second-order valence-corrected chi connectivity index (χ2v) is 5.44. The fourth-order valence-corrected chi connectivity index (χ4v) is 3.24. The molecule has 16 heavy (non-hydrogen) atoms. The molecule has 1 N–H and O–H groups in total. The summed E-state index contributed by atoms with van der Waals surface area (Å²) in [7, 11) is 2.28. The van der Waals surface area contributed by atoms with Crippen molar-refractivity contribution < 1.29 is 0 Å². The molecule has 0 radical (unpaired) electrons. The average Bonchev–Trinajstić information content (AvgIpc) is 2.88. The SMILES string of the molecule is CCN1CCCC1CN(C)C[C@H]1CCCN1. The number of likely N-dealkylation sites (tertiary alicyclic amines) is 1. The molecular formula is C13H27N3. The van der Waals surface area contributed by atoms with Gasteiger partial charge in [-0.1, -0.05) is 6.92 Å². The van der Waals surface area contributed by atoms with Crippen molar-refractivity contribution in [2.24, 2.45) is 0 Å². The minimum absolute atomic E-state index is 0.751. The summed E-state index contributed by atoms with van der Waals surface area (Å²) in [5.74, 6) is 0. The molecule has 0 amide bonds. The molecule has 3 nitrogen and oxygen atoms in total. The molecule has 0 aliphatic carbocycles. The van der Waals surface area contributed by atoms with Gasteiger partial charge in [0.15, 0.2) is 0 Å². The number of hydrogen-bond donors (Lipinski definition) is 1. The molecule has 1 unspecified atom stereocenters. The topological polar surface area (TPSA) is 18.5 Å². The van der Waals surface area contributed by atoms with Crippen LogP contribution in [0.15, 0.2) is 0 Å². The Kier molecular flexibility index (Phi) is 4.62. The Bertz CT molecular complexity index is 201. The van der Waals surface area contributed by atoms with Crippen molar-refractivity contribution in [3.05, 3.63) is 0 Å². The summed E-state index contributed by atoms with van der Waals surface area (Å²) in [5.41, 5.74) is 0. The number of nitrogens with zero attached hydrogens (tertiary/aromatic N) is 2. The number of hydrogen-bond acceptors (Lipinski definition) is 3. The fraction of sp³-hybridized carbons (Fsp3) is 1.00. The average molecular weight is 225 g/mol. The molecule has 0 saturated carbocycles. The smallest absolute Gasteiger partial charge is 0.0223 e. The van der Waals surface area contributed by atoms with Crippen LogP contribution in [0.1, 0.15) is 32.6 Å². The van der Waals surface area contributed by atoms with Crippen LogP contribution in [-0.2, 0) is 0 Å². The summed E-state index contributed by atoms with van der Waals surface area (Å²) in [4.78, 5) is 5.17. The molecule has 2 aliphatic rings. The van der Waals surface area contributed by atoms with Gasteiger partial charge in [0.25, 0.3) is 0 Å². The highest BCUT2D eigenvalue weighted by atomic mass is 15.2. The second kappa shape index (κ2) is 5.99. The maximum Gasteiger partial charge on any atom is 0.0223 e. The summed E-state index contributed by atoms with van der Waals surface area (Å²) in [5, 5.41) is 3.58. The highest BCUT2D eigenvalue weighted by Gasteiger charge is 2.25. The third-order valence-electron chi connectivity index (χ3n) is 4.12. The molecule has 2 fully saturated rings. The summed E-state index contributed by atoms with van der Waals surface area (Å²) in [6.07, 6.45) is 5.53. The predicted molar refractivity (Wildman–Crippen MR) is 68.8 cm³/mol. The van der Waals surface area contributed by atoms with Crippen molar-refractivity contribution >= 4 is 0 Å². The summed E-state index contributed by atoms with van der Waals surface area (Å²) >= 11 is 0. The van der Waals surface area contributed by atoms with Crippen molar-refractivity contribution in [3.63, 3.8) is 0 Å². The van der Waals surface area contributed by atoms with Gasteiger partial charge < -0.3 is 10.2 Å². The van der Waals surface area contributed by atoms with E-state index in [4.69, 9.17) is 0 Å². The maximum atomic E-state index is 3.58. The highest BCUT2D eigenvalue weighted by molar-refractivity contribution is 4.83. The lowest BCUT2D eigenvalue weighted by molar-refractivity contribution is 0.190. The van der Waals surface area contributed by atoms with Crippen LogP contribution in [0.5, 0.6) is 0 Å². The Hall–Kier alpha value is -0.120. The van der Waals surface area contributed by atoms with Crippen LogP contribution in [0.2, 0.25) is 0 Å². The standard InChI is InChI=1S/C13H27N3/c1-3-16-9-5-7-13(16)11-15(2)10-12-6-4-8-14-12/h12-14H,3-11H2,1-2H3/t12-,13?/m1/s1. The normalized spacial score (nSPS) is 31.7. The van der Waals surface area contributed by atoms with E-state index < -0.39 is 0 Å². The predicted octanol–water partition coefficient (Wildman–Crippen LogP) is 1.15. The van der Waals surface area contributed by atoms with Gasteiger partial charge in [0.1, 0.15) is 0 Å². The van der Waals surface area contributed by atoms with Gasteiger partial charge in [-0.25, -0.2) is 0 Å². The molecule has 0 aromatic heterocycles. The quantitative estimate of drug-likeness (QED) is 0.757. The zero-order valence-electron chi connectivity index (χ0n) is 10.9. The monoisotopic (exact) mass is 225 g/mol. The molecule has 2 atom stereocenters. The van der Waals surface area contributed by atoms with Gasteiger partial charge in [-0.3, -0.25) is 4.90 Å². The van der Waals surface area contributed by atoms with Gasteiger partial charge in [0, 0.05) is 25.2 Å². The first-order valence-corrected chi connectivity index (χ1v) is 6.95. The zero-order chi connectivity index (χ0) is 11.4. The Morgan fingerprint density at radius 3 is 2.81 bits per heavy atom. The maximum absolute atomic E-state index is 3.58. The molecule has 0 aromatic carbocycles. The number of nitrogens with one attached hydrogen (secondary N) is 1. The van der Waals surface area contributed by atoms with Crippen molar-refractivity contribution in [1.82, 2.24) is 15.1 Å². The zero-order valence-corrected chi connectivity index (χ0v) is 10.9. The number of likely N-dealkylation sites (N-methyl/N-ethyl adjacent to an activating group) is 2. The van der Waals surface area contributed by atoms with Gasteiger partial charge in [0.05, 0.1) is 0 Å². The summed E-state index contributed by atoms with van der Waals surface area (Å²) in [6, 6.07) is 1.57. The van der Waals surface area contributed by atoms with Crippen LogP contribution in [0.3, 0.4) is 0 Å². The molecule has 94 valence electrons. The molecule has 2 rings (SSSR count). The lowest BCUT2D eigenvalue weighted by atomic mass is 10.2. The lowest BCUT2D eigenvalue weighted by Gasteiger charge is -2.29. The van der Waals surface area contributed by atoms with E-state index in [0.717, 1.165) is 12.1 Å². The van der Waals surface area contributed by atoms with Crippen LogP contribution in [0.4, 0.5) is 0 Å². The van der Waals surface area contributed by atoms with Crippen LogP contribution in [0.25, 0.3) is 0 Å². The molecule has 2 aliphatic heterocycles. The van der Waals surface area contributed by atoms with E-state index in [2.05, 4.69) is 29.1 Å². The third kappa shape index (κ3) is 3.19. The van der Waals surface area contributed by atoms with E-state index in [1.165, 1.54) is 58.4 Å². The van der Waals surface area contributed by atoms with Gasteiger partial charge in [0.2, 0.25) is 0 Å². The molecule has 0 aromatic rings. The van der Waals surface area contributed by atoms with E-state index in [1.54, 1.807) is 0 Å². The van der Waals surface area contributed by atoms with Crippen molar-refractivity contribution in [3.8, 4) is 0 Å². The summed E-state index contributed by atoms with van der Waals surface area (Å²) < 4.78 is 0. The molecule has 0 bridgehead atoms. The first kappa shape index (κ1) is 12.3. The Balaban J connectivity index is 1.71. The minimum atomic E-state index is 0.751. The van der Waals surface area contributed by atoms with Crippen molar-refractivity contribution in [2.75, 3.05) is 39.8 Å². The van der Waals surface area contributed by atoms with Crippen LogP contribution < -0.4 is 5.32 Å². The fourth-order valence-electron chi connectivity index (χ4n) is 3.24. The molecule has 3 heteroatoms. The van der Waals surface area contributed by atoms with Gasteiger partial charge in [-0.15, -0.1) is 0 Å². The van der Waals surface area contributed by atoms with E-state index in [1.807, 2.05) is 0 Å². The van der Waals surface area contributed by atoms with Crippen LogP contribution >= 0.6 is 0 Å². The van der Waals surface area contributed by atoms with Gasteiger partial charge >= 0.3 is 0 Å². The van der Waals surface area contributed by atoms with Crippen molar-refractivity contribution in [2.45, 2.75) is 44.7 Å². The van der Waals surface area contributed by atoms with E-state index >= 15 is 0 Å². The van der Waals surface area contributed by atoms with E-state index in [-0.39, 0.29) is 0 Å². The van der Waals surface area contributed by atoms with Crippen molar-refractivity contribution in [1.29, 1.82) is 0 Å². The van der Waals surface area contributed by atoms with Gasteiger partial charge in [-0.05, 0) is 52.4 Å². The molecule has 2 heterocycles. The second-order valence-electron chi connectivity index (χ2n) is 5.44. The molecular weight excluding hydrogens is 198 g/mol. The Labute approximate surface area is 100 Å². The van der Waals surface area contributed by atoms with E-state index in [9.17, 15) is 0 Å². The third-order valence-corrected chi connectivity index (χ3v) is 4.12. The first-order chi connectivity index (χ1) is 7.79. The first-order valence-electron chi connectivity index (χ1n) is 6.95. The molecule has 2 saturated heterocycles. The largest absolute Gasteiger partial charge is 0.313 e. The molecule has 0 spiro atoms. The van der Waals surface area contributed by atoms with Crippen LogP contribution in [0, 0.1) is 0 Å². The van der Waals surface area contributed by atoms with E-state index in [0.29, 0.717) is 0 Å². The number of rotatable bonds is 5. The summed E-state index contributed by atoms with van der Waals surface area (Å²) in [6.45, 7) is 8.54.